The quantitative estimate of drug-likeness (QED) is 0.693. The van der Waals surface area contributed by atoms with Crippen molar-refractivity contribution in [3.63, 3.8) is 0 Å². The first-order valence-electron chi connectivity index (χ1n) is 9.22. The Balaban J connectivity index is 1.42. The summed E-state index contributed by atoms with van der Waals surface area (Å²) in [7, 11) is 0. The lowest BCUT2D eigenvalue weighted by molar-refractivity contribution is -0.197. The van der Waals surface area contributed by atoms with Crippen LogP contribution in [-0.4, -0.2) is 65.2 Å². The fourth-order valence-corrected chi connectivity index (χ4v) is 4.23. The van der Waals surface area contributed by atoms with Gasteiger partial charge in [0.1, 0.15) is 5.60 Å². The van der Waals surface area contributed by atoms with Crippen molar-refractivity contribution in [3.05, 3.63) is 0 Å². The first-order chi connectivity index (χ1) is 11.9. The maximum absolute atomic E-state index is 12.8. The molecule has 3 aliphatic rings. The summed E-state index contributed by atoms with van der Waals surface area (Å²) in [5.41, 5.74) is -0.469. The second kappa shape index (κ2) is 6.39. The van der Waals surface area contributed by atoms with Gasteiger partial charge in [0.15, 0.2) is 0 Å². The maximum Gasteiger partial charge on any atom is 0.471 e. The van der Waals surface area contributed by atoms with E-state index < -0.39 is 17.7 Å². The standard InChI is InChI=1S/C18H27F3N2O3/c1-16(2,3)26-14(24)6-7-22-10-17(11-22)8-13(9-17)23(12-4-5-12)15(25)18(19,20)21/h12-13H,4-11H2,1-3H3. The molecular formula is C18H27F3N2O3. The zero-order valence-corrected chi connectivity index (χ0v) is 15.6. The van der Waals surface area contributed by atoms with Crippen LogP contribution in [0.1, 0.15) is 52.9 Å². The number of rotatable bonds is 5. The summed E-state index contributed by atoms with van der Waals surface area (Å²) in [5.74, 6) is -1.92. The number of nitrogens with zero attached hydrogens (tertiary/aromatic N) is 2. The van der Waals surface area contributed by atoms with E-state index in [-0.39, 0.29) is 23.5 Å². The van der Waals surface area contributed by atoms with Crippen molar-refractivity contribution >= 4 is 11.9 Å². The Hall–Kier alpha value is -1.31. The highest BCUT2D eigenvalue weighted by molar-refractivity contribution is 5.83. The zero-order chi connectivity index (χ0) is 19.3. The predicted octanol–water partition coefficient (Wildman–Crippen LogP) is 2.74. The van der Waals surface area contributed by atoms with E-state index in [9.17, 15) is 22.8 Å². The summed E-state index contributed by atoms with van der Waals surface area (Å²) in [6.07, 6.45) is -1.86. The molecule has 0 atom stereocenters. The van der Waals surface area contributed by atoms with Gasteiger partial charge in [0.05, 0.1) is 6.42 Å². The molecular weight excluding hydrogens is 349 g/mol. The van der Waals surface area contributed by atoms with Crippen molar-refractivity contribution in [2.24, 2.45) is 5.41 Å². The van der Waals surface area contributed by atoms with Crippen molar-refractivity contribution in [3.8, 4) is 0 Å². The fourth-order valence-electron chi connectivity index (χ4n) is 4.23. The normalized spacial score (nSPS) is 23.3. The van der Waals surface area contributed by atoms with Crippen LogP contribution >= 0.6 is 0 Å². The van der Waals surface area contributed by atoms with Gasteiger partial charge < -0.3 is 14.5 Å². The number of carbonyl (C=O) groups is 2. The average molecular weight is 376 g/mol. The molecule has 1 amide bonds. The average Bonchev–Trinajstić information content (AvgIpc) is 3.19. The molecule has 0 aromatic rings. The van der Waals surface area contributed by atoms with Crippen molar-refractivity contribution in [1.29, 1.82) is 0 Å². The molecule has 1 heterocycles. The summed E-state index contributed by atoms with van der Waals surface area (Å²) in [6.45, 7) is 7.65. The minimum Gasteiger partial charge on any atom is -0.460 e. The number of hydrogen-bond acceptors (Lipinski definition) is 4. The van der Waals surface area contributed by atoms with E-state index in [2.05, 4.69) is 4.90 Å². The number of carbonyl (C=O) groups excluding carboxylic acids is 2. The summed E-state index contributed by atoms with van der Waals surface area (Å²) < 4.78 is 43.7. The maximum atomic E-state index is 12.8. The van der Waals surface area contributed by atoms with E-state index in [4.69, 9.17) is 4.74 Å². The topological polar surface area (TPSA) is 49.9 Å². The smallest absolute Gasteiger partial charge is 0.460 e. The lowest BCUT2D eigenvalue weighted by Crippen LogP contribution is -2.68. The molecule has 2 aliphatic carbocycles. The number of likely N-dealkylation sites (tertiary alicyclic amines) is 1. The highest BCUT2D eigenvalue weighted by Gasteiger charge is 2.58. The van der Waals surface area contributed by atoms with Gasteiger partial charge in [-0.3, -0.25) is 9.59 Å². The van der Waals surface area contributed by atoms with Crippen LogP contribution in [0.3, 0.4) is 0 Å². The first kappa shape index (κ1) is 19.5. The highest BCUT2D eigenvalue weighted by Crippen LogP contribution is 2.52. The van der Waals surface area contributed by atoms with Crippen molar-refractivity contribution in [2.75, 3.05) is 19.6 Å². The lowest BCUT2D eigenvalue weighted by Gasteiger charge is -2.61. The van der Waals surface area contributed by atoms with E-state index in [0.717, 1.165) is 18.0 Å². The van der Waals surface area contributed by atoms with E-state index in [1.807, 2.05) is 20.8 Å². The van der Waals surface area contributed by atoms with Gasteiger partial charge in [0.2, 0.25) is 0 Å². The van der Waals surface area contributed by atoms with Gasteiger partial charge in [-0.25, -0.2) is 0 Å². The second-order valence-corrected chi connectivity index (χ2v) is 9.05. The van der Waals surface area contributed by atoms with Gasteiger partial charge in [-0.05, 0) is 51.9 Å². The minimum absolute atomic E-state index is 0.0254. The number of halogens is 3. The first-order valence-corrected chi connectivity index (χ1v) is 9.22. The Morgan fingerprint density at radius 1 is 1.12 bits per heavy atom. The molecule has 1 spiro atoms. The third-order valence-corrected chi connectivity index (χ3v) is 5.32. The molecule has 0 aromatic heterocycles. The van der Waals surface area contributed by atoms with Gasteiger partial charge in [-0.1, -0.05) is 0 Å². The molecule has 26 heavy (non-hydrogen) atoms. The fraction of sp³-hybridized carbons (Fsp3) is 0.889. The molecule has 5 nitrogen and oxygen atoms in total. The molecule has 3 rings (SSSR count). The van der Waals surface area contributed by atoms with Crippen LogP contribution in [0.4, 0.5) is 13.2 Å². The largest absolute Gasteiger partial charge is 0.471 e. The van der Waals surface area contributed by atoms with Crippen molar-refractivity contribution in [2.45, 2.75) is 76.7 Å². The molecule has 148 valence electrons. The van der Waals surface area contributed by atoms with Crippen molar-refractivity contribution in [1.82, 2.24) is 9.80 Å². The lowest BCUT2D eigenvalue weighted by atomic mass is 9.60. The van der Waals surface area contributed by atoms with Gasteiger partial charge in [-0.2, -0.15) is 13.2 Å². The molecule has 1 aliphatic heterocycles. The highest BCUT2D eigenvalue weighted by atomic mass is 19.4. The summed E-state index contributed by atoms with van der Waals surface area (Å²) in [6, 6.07) is -0.514. The summed E-state index contributed by atoms with van der Waals surface area (Å²) in [4.78, 5) is 26.7. The van der Waals surface area contributed by atoms with Crippen LogP contribution in [0.2, 0.25) is 0 Å². The Morgan fingerprint density at radius 2 is 1.69 bits per heavy atom. The van der Waals surface area contributed by atoms with Crippen molar-refractivity contribution < 1.29 is 27.5 Å². The summed E-state index contributed by atoms with van der Waals surface area (Å²) in [5, 5.41) is 0. The SMILES string of the molecule is CC(C)(C)OC(=O)CCN1CC2(CC(N(C(=O)C(F)(F)F)C3CC3)C2)C1. The van der Waals surface area contributed by atoms with Crippen LogP contribution in [-0.2, 0) is 14.3 Å². The third kappa shape index (κ3) is 4.32. The van der Waals surface area contributed by atoms with Crippen LogP contribution < -0.4 is 0 Å². The molecule has 8 heteroatoms. The van der Waals surface area contributed by atoms with Gasteiger partial charge in [0, 0.05) is 31.7 Å². The Morgan fingerprint density at radius 3 is 2.15 bits per heavy atom. The number of esters is 1. The van der Waals surface area contributed by atoms with Gasteiger partial charge in [0.25, 0.3) is 0 Å². The minimum atomic E-state index is -4.79. The Bertz CT molecular complexity index is 567. The van der Waals surface area contributed by atoms with E-state index >= 15 is 0 Å². The third-order valence-electron chi connectivity index (χ3n) is 5.32. The van der Waals surface area contributed by atoms with Crippen LogP contribution in [0.15, 0.2) is 0 Å². The van der Waals surface area contributed by atoms with Crippen LogP contribution in [0, 0.1) is 5.41 Å². The molecule has 0 unspecified atom stereocenters. The van der Waals surface area contributed by atoms with E-state index in [1.54, 1.807) is 0 Å². The molecule has 0 bridgehead atoms. The van der Waals surface area contributed by atoms with Crippen LogP contribution in [0.25, 0.3) is 0 Å². The summed E-state index contributed by atoms with van der Waals surface area (Å²) >= 11 is 0. The number of amides is 1. The predicted molar refractivity (Wildman–Crippen MR) is 88.3 cm³/mol. The number of alkyl halides is 3. The van der Waals surface area contributed by atoms with E-state index in [0.29, 0.717) is 38.6 Å². The Labute approximate surface area is 151 Å². The molecule has 1 saturated heterocycles. The zero-order valence-electron chi connectivity index (χ0n) is 15.6. The van der Waals surface area contributed by atoms with Gasteiger partial charge in [-0.15, -0.1) is 0 Å². The van der Waals surface area contributed by atoms with Gasteiger partial charge >= 0.3 is 18.1 Å². The molecule has 0 N–H and O–H groups in total. The molecule has 0 aromatic carbocycles. The molecule has 0 radical (unpaired) electrons. The van der Waals surface area contributed by atoms with E-state index in [1.165, 1.54) is 0 Å². The second-order valence-electron chi connectivity index (χ2n) is 9.05. The number of ether oxygens (including phenoxy) is 1. The monoisotopic (exact) mass is 376 g/mol. The van der Waals surface area contributed by atoms with Crippen LogP contribution in [0.5, 0.6) is 0 Å². The molecule has 3 fully saturated rings. The number of hydrogen-bond donors (Lipinski definition) is 0. The molecule has 2 saturated carbocycles. The Kier molecular flexibility index (Phi) is 4.78.